The lowest BCUT2D eigenvalue weighted by Crippen LogP contribution is -2.37. The van der Waals surface area contributed by atoms with Gasteiger partial charge in [-0.05, 0) is 38.1 Å². The maximum Gasteiger partial charge on any atom is 0.0207 e. The van der Waals surface area contributed by atoms with Gasteiger partial charge in [-0.2, -0.15) is 0 Å². The van der Waals surface area contributed by atoms with Crippen molar-refractivity contribution in [2.45, 2.75) is 57.7 Å². The van der Waals surface area contributed by atoms with E-state index < -0.39 is 0 Å². The van der Waals surface area contributed by atoms with Gasteiger partial charge in [0.2, 0.25) is 0 Å². The molecule has 3 N–H and O–H groups in total. The summed E-state index contributed by atoms with van der Waals surface area (Å²) in [7, 11) is 0. The molecule has 1 aliphatic carbocycles. The SMILES string of the molecule is CC(C)C(N)CCNC1CCN(C2CC2)C1. The zero-order valence-corrected chi connectivity index (χ0v) is 10.8. The van der Waals surface area contributed by atoms with Crippen molar-refractivity contribution in [3.05, 3.63) is 0 Å². The molecule has 1 saturated heterocycles. The van der Waals surface area contributed by atoms with Gasteiger partial charge in [0, 0.05) is 31.2 Å². The van der Waals surface area contributed by atoms with Crippen molar-refractivity contribution < 1.29 is 0 Å². The first kappa shape index (κ1) is 12.3. The Bertz CT molecular complexity index is 213. The third-order valence-electron chi connectivity index (χ3n) is 4.05. The van der Waals surface area contributed by atoms with Crippen molar-refractivity contribution in [1.29, 1.82) is 0 Å². The van der Waals surface area contributed by atoms with E-state index in [1.165, 1.54) is 32.4 Å². The van der Waals surface area contributed by atoms with Crippen molar-refractivity contribution in [2.75, 3.05) is 19.6 Å². The van der Waals surface area contributed by atoms with Crippen LogP contribution in [0.2, 0.25) is 0 Å². The second kappa shape index (κ2) is 5.48. The summed E-state index contributed by atoms with van der Waals surface area (Å²) in [6.45, 7) is 8.06. The van der Waals surface area contributed by atoms with E-state index >= 15 is 0 Å². The average Bonchev–Trinajstić information content (AvgIpc) is 2.99. The number of nitrogens with two attached hydrogens (primary N) is 1. The van der Waals surface area contributed by atoms with Crippen molar-refractivity contribution in [3.8, 4) is 0 Å². The molecular formula is C13H27N3. The smallest absolute Gasteiger partial charge is 0.0207 e. The van der Waals surface area contributed by atoms with Crippen LogP contribution >= 0.6 is 0 Å². The lowest BCUT2D eigenvalue weighted by molar-refractivity contribution is 0.316. The van der Waals surface area contributed by atoms with Gasteiger partial charge in [-0.15, -0.1) is 0 Å². The zero-order chi connectivity index (χ0) is 11.5. The van der Waals surface area contributed by atoms with Crippen LogP contribution in [0.15, 0.2) is 0 Å². The van der Waals surface area contributed by atoms with Crippen molar-refractivity contribution in [3.63, 3.8) is 0 Å². The van der Waals surface area contributed by atoms with E-state index in [1.54, 1.807) is 0 Å². The molecule has 0 aromatic carbocycles. The van der Waals surface area contributed by atoms with Gasteiger partial charge in [-0.25, -0.2) is 0 Å². The molecule has 2 aliphatic rings. The first-order chi connectivity index (χ1) is 7.66. The quantitative estimate of drug-likeness (QED) is 0.713. The standard InChI is InChI=1S/C13H27N3/c1-10(2)13(14)5-7-15-11-6-8-16(9-11)12-3-4-12/h10-13,15H,3-9,14H2,1-2H3. The van der Waals surface area contributed by atoms with E-state index in [2.05, 4.69) is 24.1 Å². The van der Waals surface area contributed by atoms with E-state index in [1.807, 2.05) is 0 Å². The predicted molar refractivity (Wildman–Crippen MR) is 68.4 cm³/mol. The molecule has 3 heteroatoms. The number of rotatable bonds is 6. The Labute approximate surface area is 99.8 Å². The van der Waals surface area contributed by atoms with Gasteiger partial charge in [-0.3, -0.25) is 4.90 Å². The van der Waals surface area contributed by atoms with Crippen LogP contribution in [-0.2, 0) is 0 Å². The van der Waals surface area contributed by atoms with E-state index in [0.717, 1.165) is 25.0 Å². The van der Waals surface area contributed by atoms with E-state index in [0.29, 0.717) is 12.0 Å². The lowest BCUT2D eigenvalue weighted by atomic mass is 10.0. The van der Waals surface area contributed by atoms with Crippen molar-refractivity contribution in [1.82, 2.24) is 10.2 Å². The number of likely N-dealkylation sites (tertiary alicyclic amines) is 1. The highest BCUT2D eigenvalue weighted by atomic mass is 15.2. The molecule has 2 atom stereocenters. The Kier molecular flexibility index (Phi) is 4.22. The highest BCUT2D eigenvalue weighted by molar-refractivity contribution is 4.91. The summed E-state index contributed by atoms with van der Waals surface area (Å²) in [6.07, 6.45) is 5.31. The molecule has 2 fully saturated rings. The van der Waals surface area contributed by atoms with E-state index in [9.17, 15) is 0 Å². The molecule has 0 spiro atoms. The van der Waals surface area contributed by atoms with Gasteiger partial charge < -0.3 is 11.1 Å². The third kappa shape index (κ3) is 3.44. The van der Waals surface area contributed by atoms with Crippen LogP contribution in [0.1, 0.15) is 39.5 Å². The number of hydrogen-bond donors (Lipinski definition) is 2. The Morgan fingerprint density at radius 1 is 1.31 bits per heavy atom. The molecule has 0 aromatic rings. The Morgan fingerprint density at radius 3 is 2.69 bits per heavy atom. The highest BCUT2D eigenvalue weighted by Crippen LogP contribution is 2.29. The first-order valence-corrected chi connectivity index (χ1v) is 6.90. The molecule has 2 rings (SSSR count). The molecule has 94 valence electrons. The molecule has 0 amide bonds. The minimum atomic E-state index is 0.355. The Hall–Kier alpha value is -0.120. The summed E-state index contributed by atoms with van der Waals surface area (Å²) in [6, 6.07) is 2.01. The van der Waals surface area contributed by atoms with Gasteiger partial charge in [0.1, 0.15) is 0 Å². The fourth-order valence-electron chi connectivity index (χ4n) is 2.51. The summed E-state index contributed by atoms with van der Waals surface area (Å²) in [5.74, 6) is 0.605. The van der Waals surface area contributed by atoms with Gasteiger partial charge >= 0.3 is 0 Å². The van der Waals surface area contributed by atoms with Crippen molar-refractivity contribution in [2.24, 2.45) is 11.7 Å². The van der Waals surface area contributed by atoms with Crippen molar-refractivity contribution >= 4 is 0 Å². The Morgan fingerprint density at radius 2 is 2.06 bits per heavy atom. The fourth-order valence-corrected chi connectivity index (χ4v) is 2.51. The molecule has 0 bridgehead atoms. The summed E-state index contributed by atoms with van der Waals surface area (Å²) in [5.41, 5.74) is 6.04. The van der Waals surface area contributed by atoms with Gasteiger partial charge in [0.25, 0.3) is 0 Å². The summed E-state index contributed by atoms with van der Waals surface area (Å²) in [5, 5.41) is 3.66. The zero-order valence-electron chi connectivity index (χ0n) is 10.8. The number of nitrogens with one attached hydrogen (secondary N) is 1. The predicted octanol–water partition coefficient (Wildman–Crippen LogP) is 1.19. The minimum Gasteiger partial charge on any atom is -0.327 e. The van der Waals surface area contributed by atoms with Crippen LogP contribution < -0.4 is 11.1 Å². The summed E-state index contributed by atoms with van der Waals surface area (Å²) in [4.78, 5) is 2.65. The maximum atomic E-state index is 6.04. The highest BCUT2D eigenvalue weighted by Gasteiger charge is 2.33. The van der Waals surface area contributed by atoms with Crippen LogP contribution in [0, 0.1) is 5.92 Å². The van der Waals surface area contributed by atoms with E-state index in [-0.39, 0.29) is 0 Å². The van der Waals surface area contributed by atoms with Crippen LogP contribution in [0.25, 0.3) is 0 Å². The van der Waals surface area contributed by atoms with Gasteiger partial charge in [-0.1, -0.05) is 13.8 Å². The molecule has 3 nitrogen and oxygen atoms in total. The van der Waals surface area contributed by atoms with Gasteiger partial charge in [0.05, 0.1) is 0 Å². The van der Waals surface area contributed by atoms with E-state index in [4.69, 9.17) is 5.73 Å². The molecule has 1 aliphatic heterocycles. The van der Waals surface area contributed by atoms with Crippen LogP contribution in [-0.4, -0.2) is 42.7 Å². The first-order valence-electron chi connectivity index (χ1n) is 6.90. The fraction of sp³-hybridized carbons (Fsp3) is 1.00. The minimum absolute atomic E-state index is 0.355. The number of hydrogen-bond acceptors (Lipinski definition) is 3. The summed E-state index contributed by atoms with van der Waals surface area (Å²) >= 11 is 0. The normalized spacial score (nSPS) is 28.9. The molecule has 0 aromatic heterocycles. The maximum absolute atomic E-state index is 6.04. The summed E-state index contributed by atoms with van der Waals surface area (Å²) < 4.78 is 0. The Balaban J connectivity index is 1.56. The second-order valence-corrected chi connectivity index (χ2v) is 5.86. The van der Waals surface area contributed by atoms with Crippen LogP contribution in [0.5, 0.6) is 0 Å². The molecule has 1 heterocycles. The van der Waals surface area contributed by atoms with Crippen LogP contribution in [0.4, 0.5) is 0 Å². The average molecular weight is 225 g/mol. The lowest BCUT2D eigenvalue weighted by Gasteiger charge is -2.19. The second-order valence-electron chi connectivity index (χ2n) is 5.86. The monoisotopic (exact) mass is 225 g/mol. The number of nitrogens with zero attached hydrogens (tertiary/aromatic N) is 1. The van der Waals surface area contributed by atoms with Crippen LogP contribution in [0.3, 0.4) is 0 Å². The topological polar surface area (TPSA) is 41.3 Å². The largest absolute Gasteiger partial charge is 0.327 e. The molecule has 2 unspecified atom stereocenters. The molecule has 1 saturated carbocycles. The molecule has 16 heavy (non-hydrogen) atoms. The molecular weight excluding hydrogens is 198 g/mol. The molecule has 0 radical (unpaired) electrons. The van der Waals surface area contributed by atoms with Gasteiger partial charge in [0.15, 0.2) is 0 Å². The third-order valence-corrected chi connectivity index (χ3v) is 4.05.